The lowest BCUT2D eigenvalue weighted by Crippen LogP contribution is -1.97. The maximum Gasteiger partial charge on any atom is 0.116 e. The van der Waals surface area contributed by atoms with Gasteiger partial charge in [0.05, 0.1) is 0 Å². The Balaban J connectivity index is 3.38. The van der Waals surface area contributed by atoms with E-state index in [1.54, 1.807) is 0 Å². The molecule has 0 N–H and O–H groups in total. The summed E-state index contributed by atoms with van der Waals surface area (Å²) in [5.41, 5.74) is 16.6. The molecule has 0 aliphatic rings. The van der Waals surface area contributed by atoms with Crippen LogP contribution in [0.15, 0.2) is 10.2 Å². The van der Waals surface area contributed by atoms with Crippen LogP contribution in [0.1, 0.15) is 71.1 Å². The van der Waals surface area contributed by atoms with Crippen molar-refractivity contribution in [2.75, 3.05) is 0 Å². The smallest absolute Gasteiger partial charge is 0.0846 e. The summed E-state index contributed by atoms with van der Waals surface area (Å²) in [6, 6.07) is 0. The van der Waals surface area contributed by atoms with Crippen LogP contribution in [0.2, 0.25) is 0 Å². The minimum Gasteiger partial charge on any atom is -0.0846 e. The van der Waals surface area contributed by atoms with Gasteiger partial charge in [-0.3, -0.25) is 0 Å². The molecule has 18 heavy (non-hydrogen) atoms. The largest absolute Gasteiger partial charge is 0.116 e. The first-order valence-electron chi connectivity index (χ1n) is 6.93. The third-order valence-electron chi connectivity index (χ3n) is 2.94. The van der Waals surface area contributed by atoms with E-state index in [2.05, 4.69) is 27.0 Å². The zero-order valence-corrected chi connectivity index (χ0v) is 11.3. The van der Waals surface area contributed by atoms with Crippen LogP contribution in [0.4, 0.5) is 0 Å². The summed E-state index contributed by atoms with van der Waals surface area (Å²) >= 11 is 0. The summed E-state index contributed by atoms with van der Waals surface area (Å²) in [6.45, 7) is 2.23. The van der Waals surface area contributed by atoms with Crippen LogP contribution < -0.4 is 0 Å². The molecule has 0 saturated heterocycles. The number of nitrogens with zero attached hydrogens (tertiary/aromatic N) is 6. The van der Waals surface area contributed by atoms with Gasteiger partial charge in [-0.15, -0.1) is 0 Å². The molecule has 0 atom stereocenters. The average molecular weight is 252 g/mol. The molecule has 0 aromatic rings. The van der Waals surface area contributed by atoms with Gasteiger partial charge in [0.15, 0.2) is 0 Å². The molecule has 0 saturated carbocycles. The van der Waals surface area contributed by atoms with E-state index in [0.29, 0.717) is 6.42 Å². The molecule has 0 amide bonds. The zero-order chi connectivity index (χ0) is 13.5. The van der Waals surface area contributed by atoms with Crippen molar-refractivity contribution in [3.8, 4) is 0 Å². The molecular weight excluding hydrogens is 228 g/mol. The van der Waals surface area contributed by atoms with E-state index in [1.165, 1.54) is 44.9 Å². The minimum absolute atomic E-state index is 0.551. The lowest BCUT2D eigenvalue weighted by atomic mass is 10.1. The molecule has 0 aliphatic carbocycles. The van der Waals surface area contributed by atoms with Crippen LogP contribution in [0, 0.1) is 0 Å². The van der Waals surface area contributed by atoms with Crippen LogP contribution in [-0.4, -0.2) is 6.17 Å². The summed E-state index contributed by atoms with van der Waals surface area (Å²) < 4.78 is 0. The molecule has 0 aliphatic heterocycles. The van der Waals surface area contributed by atoms with Gasteiger partial charge in [0.25, 0.3) is 0 Å². The SMILES string of the molecule is CCCCCCCCCCCC(N=[N+]=[N-])N=[N+]=[N-]. The van der Waals surface area contributed by atoms with Crippen molar-refractivity contribution in [2.45, 2.75) is 77.3 Å². The van der Waals surface area contributed by atoms with Gasteiger partial charge in [-0.1, -0.05) is 74.9 Å². The molecular formula is C12H24N6. The second kappa shape index (κ2) is 13.7. The lowest BCUT2D eigenvalue weighted by Gasteiger charge is -2.04. The number of azide groups is 1. The lowest BCUT2D eigenvalue weighted by molar-refractivity contribution is 0.528. The van der Waals surface area contributed by atoms with Crippen LogP contribution in [0.25, 0.3) is 20.9 Å². The van der Waals surface area contributed by atoms with Crippen LogP contribution in [0.3, 0.4) is 0 Å². The Morgan fingerprint density at radius 1 is 0.778 bits per heavy atom. The Bertz CT molecular complexity index is 260. The summed E-state index contributed by atoms with van der Waals surface area (Å²) in [5.74, 6) is 0. The summed E-state index contributed by atoms with van der Waals surface area (Å²) in [6.07, 6.45) is 11.3. The fourth-order valence-corrected chi connectivity index (χ4v) is 1.90. The predicted molar refractivity (Wildman–Crippen MR) is 73.9 cm³/mol. The summed E-state index contributed by atoms with van der Waals surface area (Å²) in [4.78, 5) is 5.34. The Morgan fingerprint density at radius 3 is 1.67 bits per heavy atom. The molecule has 0 aromatic carbocycles. The van der Waals surface area contributed by atoms with Crippen LogP contribution >= 0.6 is 0 Å². The van der Waals surface area contributed by atoms with Gasteiger partial charge in [0.2, 0.25) is 0 Å². The number of unbranched alkanes of at least 4 members (excludes halogenated alkanes) is 8. The van der Waals surface area contributed by atoms with Gasteiger partial charge in [-0.2, -0.15) is 0 Å². The van der Waals surface area contributed by atoms with E-state index in [-0.39, 0.29) is 0 Å². The molecule has 0 heterocycles. The molecule has 0 bridgehead atoms. The molecule has 102 valence electrons. The second-order valence-corrected chi connectivity index (χ2v) is 4.51. The van der Waals surface area contributed by atoms with E-state index >= 15 is 0 Å². The Kier molecular flexibility index (Phi) is 12.6. The molecule has 0 unspecified atom stereocenters. The van der Waals surface area contributed by atoms with Gasteiger partial charge < -0.3 is 0 Å². The van der Waals surface area contributed by atoms with Crippen molar-refractivity contribution >= 4 is 0 Å². The minimum atomic E-state index is -0.551. The van der Waals surface area contributed by atoms with Crippen molar-refractivity contribution in [3.63, 3.8) is 0 Å². The van der Waals surface area contributed by atoms with Gasteiger partial charge in [-0.05, 0) is 17.5 Å². The average Bonchev–Trinajstić information content (AvgIpc) is 2.37. The molecule has 0 rings (SSSR count). The monoisotopic (exact) mass is 252 g/mol. The quantitative estimate of drug-likeness (QED) is 0.180. The highest BCUT2D eigenvalue weighted by atomic mass is 15.3. The molecule has 0 fully saturated rings. The van der Waals surface area contributed by atoms with Gasteiger partial charge in [0, 0.05) is 9.82 Å². The standard InChI is InChI=1S/C12H24N6/c1-2-3-4-5-6-7-8-9-10-11-12(15-17-13)16-18-14/h12H,2-11H2,1H3. The van der Waals surface area contributed by atoms with Crippen molar-refractivity contribution in [1.29, 1.82) is 0 Å². The topological polar surface area (TPSA) is 97.5 Å². The van der Waals surface area contributed by atoms with Gasteiger partial charge in [-0.25, -0.2) is 0 Å². The number of hydrogen-bond donors (Lipinski definition) is 0. The first-order chi connectivity index (χ1) is 8.85. The fraction of sp³-hybridized carbons (Fsp3) is 1.00. The van der Waals surface area contributed by atoms with Crippen molar-refractivity contribution in [1.82, 2.24) is 0 Å². The number of hydrogen-bond acceptors (Lipinski definition) is 2. The molecule has 0 spiro atoms. The highest BCUT2D eigenvalue weighted by Gasteiger charge is 2.02. The first kappa shape index (κ1) is 16.6. The maximum atomic E-state index is 8.28. The highest BCUT2D eigenvalue weighted by Crippen LogP contribution is 2.13. The molecule has 6 nitrogen and oxygen atoms in total. The third-order valence-corrected chi connectivity index (χ3v) is 2.94. The molecule has 0 radical (unpaired) electrons. The number of rotatable bonds is 12. The van der Waals surface area contributed by atoms with Crippen LogP contribution in [-0.2, 0) is 0 Å². The molecule has 6 heteroatoms. The third kappa shape index (κ3) is 11.1. The summed E-state index contributed by atoms with van der Waals surface area (Å²) in [7, 11) is 0. The van der Waals surface area contributed by atoms with Crippen molar-refractivity contribution in [3.05, 3.63) is 20.9 Å². The van der Waals surface area contributed by atoms with E-state index in [4.69, 9.17) is 11.1 Å². The second-order valence-electron chi connectivity index (χ2n) is 4.51. The van der Waals surface area contributed by atoms with E-state index in [9.17, 15) is 0 Å². The van der Waals surface area contributed by atoms with Crippen molar-refractivity contribution in [2.24, 2.45) is 10.2 Å². The first-order valence-corrected chi connectivity index (χ1v) is 6.93. The van der Waals surface area contributed by atoms with Gasteiger partial charge in [0.1, 0.15) is 6.17 Å². The Labute approximate surface area is 109 Å². The summed E-state index contributed by atoms with van der Waals surface area (Å²) in [5, 5.41) is 6.88. The highest BCUT2D eigenvalue weighted by molar-refractivity contribution is 4.65. The van der Waals surface area contributed by atoms with E-state index < -0.39 is 6.17 Å². The Morgan fingerprint density at radius 2 is 1.22 bits per heavy atom. The molecule has 0 aromatic heterocycles. The predicted octanol–water partition coefficient (Wildman–Crippen LogP) is 5.85. The zero-order valence-electron chi connectivity index (χ0n) is 11.3. The van der Waals surface area contributed by atoms with E-state index in [1.807, 2.05) is 0 Å². The maximum absolute atomic E-state index is 8.28. The fourth-order valence-electron chi connectivity index (χ4n) is 1.90. The van der Waals surface area contributed by atoms with Crippen LogP contribution in [0.5, 0.6) is 0 Å². The van der Waals surface area contributed by atoms with E-state index in [0.717, 1.165) is 12.8 Å². The van der Waals surface area contributed by atoms with Crippen molar-refractivity contribution < 1.29 is 0 Å². The van der Waals surface area contributed by atoms with Gasteiger partial charge >= 0.3 is 0 Å². The normalized spacial score (nSPS) is 11.4. The Hall–Kier alpha value is -1.38.